The SMILES string of the molecule is O=C(c1ccc(CC(O)Nc2ccc3ncnc(Nc4ccc(Br)cc4)c3c2)cc1)N(O)O. The molecule has 0 bridgehead atoms. The summed E-state index contributed by atoms with van der Waals surface area (Å²) in [5, 5.41) is 34.8. The first kappa shape index (κ1) is 22.6. The Labute approximate surface area is 197 Å². The van der Waals surface area contributed by atoms with Crippen LogP contribution in [0.4, 0.5) is 17.2 Å². The van der Waals surface area contributed by atoms with Gasteiger partial charge in [-0.15, -0.1) is 0 Å². The molecule has 0 fully saturated rings. The fraction of sp³-hybridized carbons (Fsp3) is 0.0870. The predicted octanol–water partition coefficient (Wildman–Crippen LogP) is 4.33. The smallest absolute Gasteiger partial charge is 0.303 e. The van der Waals surface area contributed by atoms with Crippen LogP contribution in [0.2, 0.25) is 0 Å². The van der Waals surface area contributed by atoms with E-state index in [1.54, 1.807) is 12.1 Å². The number of aliphatic hydroxyl groups excluding tert-OH is 1. The van der Waals surface area contributed by atoms with Crippen molar-refractivity contribution >= 4 is 49.9 Å². The van der Waals surface area contributed by atoms with Crippen LogP contribution in [0, 0.1) is 0 Å². The van der Waals surface area contributed by atoms with Crippen LogP contribution in [0.5, 0.6) is 0 Å². The summed E-state index contributed by atoms with van der Waals surface area (Å²) >= 11 is 3.42. The number of aromatic nitrogens is 2. The maximum Gasteiger partial charge on any atom is 0.303 e. The van der Waals surface area contributed by atoms with Crippen molar-refractivity contribution in [1.82, 2.24) is 15.2 Å². The summed E-state index contributed by atoms with van der Waals surface area (Å²) in [5.74, 6) is -0.298. The molecule has 1 heterocycles. The Kier molecular flexibility index (Phi) is 6.80. The number of nitrogens with zero attached hydrogens (tertiary/aromatic N) is 3. The van der Waals surface area contributed by atoms with Gasteiger partial charge in [0, 0.05) is 33.2 Å². The van der Waals surface area contributed by atoms with Gasteiger partial charge in [-0.1, -0.05) is 33.3 Å². The molecule has 0 aliphatic carbocycles. The van der Waals surface area contributed by atoms with Crippen molar-refractivity contribution in [2.24, 2.45) is 0 Å². The molecule has 3 aromatic carbocycles. The molecule has 1 amide bonds. The zero-order valence-electron chi connectivity index (χ0n) is 17.2. The number of halogens is 1. The standard InChI is InChI=1S/C23H20BrN5O4/c24-16-5-7-17(8-6-16)28-22-19-12-18(9-10-20(19)25-13-26-22)27-21(30)11-14-1-3-15(4-2-14)23(31)29(32)33/h1-10,12-13,21,27,30,32-33H,11H2,(H,25,26,28). The molecular weight excluding hydrogens is 490 g/mol. The molecule has 0 spiro atoms. The Hall–Kier alpha value is -3.57. The number of hydroxylamine groups is 2. The zero-order chi connectivity index (χ0) is 23.4. The number of hydrogen-bond acceptors (Lipinski definition) is 8. The van der Waals surface area contributed by atoms with Gasteiger partial charge in [0.25, 0.3) is 0 Å². The van der Waals surface area contributed by atoms with Crippen LogP contribution in [0.1, 0.15) is 15.9 Å². The van der Waals surface area contributed by atoms with Crippen molar-refractivity contribution in [3.63, 3.8) is 0 Å². The molecular formula is C23H20BrN5O4. The second-order valence-corrected chi connectivity index (χ2v) is 8.16. The number of benzene rings is 3. The normalized spacial score (nSPS) is 11.8. The van der Waals surface area contributed by atoms with E-state index in [1.165, 1.54) is 18.5 Å². The summed E-state index contributed by atoms with van der Waals surface area (Å²) < 4.78 is 0.978. The molecule has 1 unspecified atom stereocenters. The number of aliphatic hydroxyl groups is 1. The summed E-state index contributed by atoms with van der Waals surface area (Å²) in [6.07, 6.45) is 0.861. The summed E-state index contributed by atoms with van der Waals surface area (Å²) in [5.41, 5.74) is 3.20. The van der Waals surface area contributed by atoms with E-state index >= 15 is 0 Å². The fourth-order valence-corrected chi connectivity index (χ4v) is 3.55. The molecule has 10 heteroatoms. The molecule has 0 saturated heterocycles. The van der Waals surface area contributed by atoms with Gasteiger partial charge in [0.2, 0.25) is 0 Å². The number of hydrogen-bond donors (Lipinski definition) is 5. The van der Waals surface area contributed by atoms with Crippen LogP contribution in [-0.4, -0.2) is 42.9 Å². The Balaban J connectivity index is 1.48. The van der Waals surface area contributed by atoms with Gasteiger partial charge in [0.15, 0.2) is 0 Å². The lowest BCUT2D eigenvalue weighted by molar-refractivity contribution is -0.260. The molecule has 0 aliphatic rings. The molecule has 33 heavy (non-hydrogen) atoms. The van der Waals surface area contributed by atoms with Gasteiger partial charge in [-0.3, -0.25) is 15.2 Å². The number of carbonyl (C=O) groups excluding carboxylic acids is 1. The molecule has 0 saturated carbocycles. The van der Waals surface area contributed by atoms with E-state index in [0.29, 0.717) is 11.5 Å². The van der Waals surface area contributed by atoms with Crippen LogP contribution in [0.15, 0.2) is 77.5 Å². The van der Waals surface area contributed by atoms with Crippen molar-refractivity contribution in [1.29, 1.82) is 0 Å². The first-order valence-corrected chi connectivity index (χ1v) is 10.7. The minimum absolute atomic E-state index is 0.117. The van der Waals surface area contributed by atoms with Gasteiger partial charge in [-0.25, -0.2) is 9.97 Å². The monoisotopic (exact) mass is 509 g/mol. The topological polar surface area (TPSA) is 131 Å². The Morgan fingerprint density at radius 3 is 2.36 bits per heavy atom. The maximum atomic E-state index is 11.5. The minimum Gasteiger partial charge on any atom is -0.373 e. The van der Waals surface area contributed by atoms with Crippen LogP contribution >= 0.6 is 15.9 Å². The van der Waals surface area contributed by atoms with E-state index in [0.717, 1.165) is 26.6 Å². The number of rotatable bonds is 7. The fourth-order valence-electron chi connectivity index (χ4n) is 3.28. The average molecular weight is 510 g/mol. The van der Waals surface area contributed by atoms with E-state index in [9.17, 15) is 9.90 Å². The van der Waals surface area contributed by atoms with Crippen LogP contribution in [0.3, 0.4) is 0 Å². The summed E-state index contributed by atoms with van der Waals surface area (Å²) in [4.78, 5) is 20.2. The average Bonchev–Trinajstić information content (AvgIpc) is 2.81. The minimum atomic E-state index is -0.939. The highest BCUT2D eigenvalue weighted by Crippen LogP contribution is 2.27. The van der Waals surface area contributed by atoms with Crippen LogP contribution in [-0.2, 0) is 6.42 Å². The molecule has 4 rings (SSSR count). The number of carbonyl (C=O) groups is 1. The number of nitrogens with one attached hydrogen (secondary N) is 2. The molecule has 0 aliphatic heterocycles. The van der Waals surface area contributed by atoms with Crippen LogP contribution < -0.4 is 10.6 Å². The molecule has 5 N–H and O–H groups in total. The van der Waals surface area contributed by atoms with Gasteiger partial charge >= 0.3 is 5.91 Å². The largest absolute Gasteiger partial charge is 0.373 e. The molecule has 9 nitrogen and oxygen atoms in total. The van der Waals surface area contributed by atoms with Crippen molar-refractivity contribution in [3.8, 4) is 0 Å². The highest BCUT2D eigenvalue weighted by atomic mass is 79.9. The number of anilines is 3. The zero-order valence-corrected chi connectivity index (χ0v) is 18.8. The summed E-state index contributed by atoms with van der Waals surface area (Å²) in [6.45, 7) is 0. The van der Waals surface area contributed by atoms with Gasteiger partial charge in [0.1, 0.15) is 18.4 Å². The van der Waals surface area contributed by atoms with E-state index < -0.39 is 17.4 Å². The van der Waals surface area contributed by atoms with E-state index in [2.05, 4.69) is 36.5 Å². The second-order valence-electron chi connectivity index (χ2n) is 7.24. The summed E-state index contributed by atoms with van der Waals surface area (Å²) in [7, 11) is 0. The number of fused-ring (bicyclic) bond motifs is 1. The van der Waals surface area contributed by atoms with Gasteiger partial charge in [0.05, 0.1) is 5.52 Å². The lowest BCUT2D eigenvalue weighted by Gasteiger charge is -2.16. The highest BCUT2D eigenvalue weighted by molar-refractivity contribution is 9.10. The lowest BCUT2D eigenvalue weighted by Crippen LogP contribution is -2.23. The lowest BCUT2D eigenvalue weighted by atomic mass is 10.1. The van der Waals surface area contributed by atoms with Crippen molar-refractivity contribution in [3.05, 3.63) is 88.7 Å². The third-order valence-corrected chi connectivity index (χ3v) is 5.42. The molecule has 168 valence electrons. The Morgan fingerprint density at radius 1 is 0.970 bits per heavy atom. The molecule has 0 radical (unpaired) electrons. The Morgan fingerprint density at radius 2 is 1.67 bits per heavy atom. The first-order chi connectivity index (χ1) is 15.9. The van der Waals surface area contributed by atoms with E-state index in [4.69, 9.17) is 10.4 Å². The highest BCUT2D eigenvalue weighted by Gasteiger charge is 2.13. The molecule has 1 atom stereocenters. The summed E-state index contributed by atoms with van der Waals surface area (Å²) in [6, 6.07) is 19.4. The molecule has 1 aromatic heterocycles. The second kappa shape index (κ2) is 9.92. The van der Waals surface area contributed by atoms with E-state index in [-0.39, 0.29) is 12.0 Å². The third-order valence-electron chi connectivity index (χ3n) is 4.89. The van der Waals surface area contributed by atoms with Gasteiger partial charge in [-0.05, 0) is 60.2 Å². The number of amides is 1. The third kappa shape index (κ3) is 5.62. The van der Waals surface area contributed by atoms with Crippen LogP contribution in [0.25, 0.3) is 10.9 Å². The van der Waals surface area contributed by atoms with Gasteiger partial charge in [-0.2, -0.15) is 0 Å². The molecule has 4 aromatic rings. The van der Waals surface area contributed by atoms with E-state index in [1.807, 2.05) is 42.5 Å². The van der Waals surface area contributed by atoms with Crippen molar-refractivity contribution < 1.29 is 20.3 Å². The van der Waals surface area contributed by atoms with Crippen molar-refractivity contribution in [2.45, 2.75) is 12.6 Å². The first-order valence-electron chi connectivity index (χ1n) is 9.92. The maximum absolute atomic E-state index is 11.5. The quantitative estimate of drug-likeness (QED) is 0.141. The Bertz CT molecular complexity index is 1270. The predicted molar refractivity (Wildman–Crippen MR) is 126 cm³/mol. The van der Waals surface area contributed by atoms with Gasteiger partial charge < -0.3 is 15.7 Å². The van der Waals surface area contributed by atoms with Crippen molar-refractivity contribution in [2.75, 3.05) is 10.6 Å².